The van der Waals surface area contributed by atoms with Crippen LogP contribution in [-0.4, -0.2) is 25.1 Å². The number of carbonyl (C=O) groups excluding carboxylic acids is 1. The Morgan fingerprint density at radius 2 is 2.00 bits per heavy atom. The highest BCUT2D eigenvalue weighted by atomic mass is 19.1. The largest absolute Gasteiger partial charge is 0.454 e. The quantitative estimate of drug-likeness (QED) is 0.520. The zero-order valence-corrected chi connectivity index (χ0v) is 14.6. The molecule has 4 aromatic rings. The van der Waals surface area contributed by atoms with Gasteiger partial charge in [-0.2, -0.15) is 0 Å². The van der Waals surface area contributed by atoms with Crippen molar-refractivity contribution in [2.45, 2.75) is 13.5 Å². The van der Waals surface area contributed by atoms with Gasteiger partial charge in [-0.1, -0.05) is 17.7 Å². The third-order valence-corrected chi connectivity index (χ3v) is 4.33. The maximum atomic E-state index is 13.3. The molecule has 0 saturated heterocycles. The molecule has 27 heavy (non-hydrogen) atoms. The molecule has 4 rings (SSSR count). The highest BCUT2D eigenvalue weighted by Crippen LogP contribution is 2.16. The molecule has 0 N–H and O–H groups in total. The van der Waals surface area contributed by atoms with Crippen LogP contribution in [0.15, 0.2) is 47.3 Å². The highest BCUT2D eigenvalue weighted by Gasteiger charge is 2.16. The summed E-state index contributed by atoms with van der Waals surface area (Å²) in [5.74, 6) is -0.489. The number of esters is 1. The van der Waals surface area contributed by atoms with Gasteiger partial charge in [-0.15, -0.1) is 10.2 Å². The normalized spacial score (nSPS) is 11.2. The van der Waals surface area contributed by atoms with Crippen LogP contribution in [0, 0.1) is 12.7 Å². The van der Waals surface area contributed by atoms with E-state index in [1.165, 1.54) is 22.8 Å². The Morgan fingerprint density at radius 3 is 2.78 bits per heavy atom. The van der Waals surface area contributed by atoms with Crippen LogP contribution in [0.4, 0.5) is 4.39 Å². The van der Waals surface area contributed by atoms with Gasteiger partial charge in [0.15, 0.2) is 12.4 Å². The van der Waals surface area contributed by atoms with Gasteiger partial charge in [0.2, 0.25) is 5.78 Å². The smallest absolute Gasteiger partial charge is 0.338 e. The van der Waals surface area contributed by atoms with Crippen molar-refractivity contribution in [2.24, 2.45) is 7.05 Å². The van der Waals surface area contributed by atoms with Gasteiger partial charge in [-0.3, -0.25) is 13.8 Å². The van der Waals surface area contributed by atoms with Gasteiger partial charge in [0.25, 0.3) is 5.56 Å². The Bertz CT molecular complexity index is 1260. The molecule has 0 aliphatic rings. The molecule has 0 spiro atoms. The lowest BCUT2D eigenvalue weighted by Crippen LogP contribution is -2.20. The number of ether oxygens (including phenoxy) is 1. The van der Waals surface area contributed by atoms with Crippen molar-refractivity contribution in [1.82, 2.24) is 19.2 Å². The molecule has 8 heteroatoms. The van der Waals surface area contributed by atoms with Gasteiger partial charge >= 0.3 is 5.97 Å². The molecule has 2 aromatic carbocycles. The van der Waals surface area contributed by atoms with Crippen LogP contribution in [0.1, 0.15) is 21.7 Å². The number of rotatable bonds is 3. The molecule has 0 atom stereocenters. The zero-order valence-electron chi connectivity index (χ0n) is 14.6. The van der Waals surface area contributed by atoms with Crippen LogP contribution in [0.2, 0.25) is 0 Å². The fourth-order valence-electron chi connectivity index (χ4n) is 2.98. The first kappa shape index (κ1) is 16.9. The summed E-state index contributed by atoms with van der Waals surface area (Å²) in [6.45, 7) is 1.73. The summed E-state index contributed by atoms with van der Waals surface area (Å²) in [6.07, 6.45) is 0. The lowest BCUT2D eigenvalue weighted by atomic mass is 10.1. The monoisotopic (exact) mass is 366 g/mol. The van der Waals surface area contributed by atoms with Crippen molar-refractivity contribution in [3.8, 4) is 0 Å². The topological polar surface area (TPSA) is 78.5 Å². The van der Waals surface area contributed by atoms with Crippen molar-refractivity contribution >= 4 is 22.6 Å². The van der Waals surface area contributed by atoms with E-state index in [9.17, 15) is 14.0 Å². The summed E-state index contributed by atoms with van der Waals surface area (Å²) in [4.78, 5) is 24.7. The SMILES string of the molecule is Cc1ccc2c(c1)c(=O)n(C)c1nnc(COC(=O)c3cccc(F)c3)n21. The number of benzene rings is 2. The van der Waals surface area contributed by atoms with E-state index in [2.05, 4.69) is 10.2 Å². The number of carbonyl (C=O) groups is 1. The first-order valence-electron chi connectivity index (χ1n) is 8.22. The number of aromatic nitrogens is 4. The molecular weight excluding hydrogens is 351 g/mol. The van der Waals surface area contributed by atoms with Gasteiger partial charge in [0.1, 0.15) is 5.82 Å². The van der Waals surface area contributed by atoms with E-state index in [-0.39, 0.29) is 17.7 Å². The van der Waals surface area contributed by atoms with E-state index < -0.39 is 11.8 Å². The van der Waals surface area contributed by atoms with Gasteiger partial charge in [0.05, 0.1) is 16.5 Å². The van der Waals surface area contributed by atoms with E-state index in [1.54, 1.807) is 23.6 Å². The highest BCUT2D eigenvalue weighted by molar-refractivity contribution is 5.89. The summed E-state index contributed by atoms with van der Waals surface area (Å²) >= 11 is 0. The minimum Gasteiger partial charge on any atom is -0.454 e. The molecule has 7 nitrogen and oxygen atoms in total. The van der Waals surface area contributed by atoms with E-state index >= 15 is 0 Å². The number of nitrogens with zero attached hydrogens (tertiary/aromatic N) is 4. The summed E-state index contributed by atoms with van der Waals surface area (Å²) < 4.78 is 21.6. The number of hydrogen-bond acceptors (Lipinski definition) is 5. The average molecular weight is 366 g/mol. The van der Waals surface area contributed by atoms with Crippen LogP contribution >= 0.6 is 0 Å². The predicted molar refractivity (Wildman–Crippen MR) is 96.0 cm³/mol. The lowest BCUT2D eigenvalue weighted by Gasteiger charge is -2.09. The number of fused-ring (bicyclic) bond motifs is 3. The van der Waals surface area contributed by atoms with Gasteiger partial charge in [0, 0.05) is 7.05 Å². The second-order valence-electron chi connectivity index (χ2n) is 6.22. The van der Waals surface area contributed by atoms with Gasteiger partial charge < -0.3 is 4.74 Å². The lowest BCUT2D eigenvalue weighted by molar-refractivity contribution is 0.0461. The third-order valence-electron chi connectivity index (χ3n) is 4.33. The molecule has 0 unspecified atom stereocenters. The van der Waals surface area contributed by atoms with E-state index in [0.29, 0.717) is 22.5 Å². The van der Waals surface area contributed by atoms with Crippen LogP contribution in [0.5, 0.6) is 0 Å². The molecule has 0 bridgehead atoms. The summed E-state index contributed by atoms with van der Waals surface area (Å²) in [6, 6.07) is 10.7. The van der Waals surface area contributed by atoms with Crippen LogP contribution < -0.4 is 5.56 Å². The maximum absolute atomic E-state index is 13.3. The second-order valence-corrected chi connectivity index (χ2v) is 6.22. The fourth-order valence-corrected chi connectivity index (χ4v) is 2.98. The number of halogens is 1. The molecular formula is C19H15FN4O3. The molecule has 0 fully saturated rings. The Balaban J connectivity index is 1.76. The van der Waals surface area contributed by atoms with Gasteiger partial charge in [-0.05, 0) is 37.3 Å². The second kappa shape index (κ2) is 6.31. The standard InChI is InChI=1S/C19H15FN4O3/c1-11-6-7-15-14(8-11)17(25)23(2)19-22-21-16(24(15)19)10-27-18(26)12-4-3-5-13(20)9-12/h3-9H,10H2,1-2H3. The summed E-state index contributed by atoms with van der Waals surface area (Å²) in [7, 11) is 1.61. The van der Waals surface area contributed by atoms with Crippen molar-refractivity contribution in [1.29, 1.82) is 0 Å². The third kappa shape index (κ3) is 2.84. The average Bonchev–Trinajstić information content (AvgIpc) is 3.08. The Labute approximate surface area is 152 Å². The molecule has 0 saturated carbocycles. The molecule has 0 aliphatic carbocycles. The first-order valence-corrected chi connectivity index (χ1v) is 8.22. The Hall–Kier alpha value is -3.55. The number of aryl methyl sites for hydroxylation is 2. The van der Waals surface area contributed by atoms with Gasteiger partial charge in [-0.25, -0.2) is 9.18 Å². The van der Waals surface area contributed by atoms with Crippen molar-refractivity contribution < 1.29 is 13.9 Å². The molecule has 2 aromatic heterocycles. The molecule has 2 heterocycles. The minimum atomic E-state index is -0.670. The van der Waals surface area contributed by atoms with E-state index in [0.717, 1.165) is 11.6 Å². The van der Waals surface area contributed by atoms with Crippen molar-refractivity contribution in [2.75, 3.05) is 0 Å². The minimum absolute atomic E-state index is 0.108. The van der Waals surface area contributed by atoms with Crippen molar-refractivity contribution in [3.63, 3.8) is 0 Å². The van der Waals surface area contributed by atoms with Crippen LogP contribution in [0.25, 0.3) is 16.7 Å². The first-order chi connectivity index (χ1) is 13.0. The molecule has 0 radical (unpaired) electrons. The van der Waals surface area contributed by atoms with Crippen LogP contribution in [-0.2, 0) is 18.4 Å². The summed E-state index contributed by atoms with van der Waals surface area (Å²) in [5, 5.41) is 8.61. The maximum Gasteiger partial charge on any atom is 0.338 e. The Kier molecular flexibility index (Phi) is 3.95. The van der Waals surface area contributed by atoms with Crippen LogP contribution in [0.3, 0.4) is 0 Å². The van der Waals surface area contributed by atoms with E-state index in [1.807, 2.05) is 13.0 Å². The molecule has 0 aliphatic heterocycles. The fraction of sp³-hybridized carbons (Fsp3) is 0.158. The van der Waals surface area contributed by atoms with Crippen molar-refractivity contribution in [3.05, 3.63) is 75.6 Å². The molecule has 136 valence electrons. The predicted octanol–water partition coefficient (Wildman–Crippen LogP) is 2.39. The zero-order chi connectivity index (χ0) is 19.1. The number of hydrogen-bond donors (Lipinski definition) is 0. The summed E-state index contributed by atoms with van der Waals surface area (Å²) in [5.41, 5.74) is 1.50. The Morgan fingerprint density at radius 1 is 1.19 bits per heavy atom. The van der Waals surface area contributed by atoms with E-state index in [4.69, 9.17) is 4.74 Å². The molecule has 0 amide bonds.